The van der Waals surface area contributed by atoms with Crippen LogP contribution in [0.4, 0.5) is 5.95 Å². The van der Waals surface area contributed by atoms with E-state index in [4.69, 9.17) is 4.74 Å². The molecular weight excluding hydrogens is 306 g/mol. The van der Waals surface area contributed by atoms with Gasteiger partial charge in [0.25, 0.3) is 5.91 Å². The van der Waals surface area contributed by atoms with Crippen LogP contribution in [0.1, 0.15) is 23.3 Å². The van der Waals surface area contributed by atoms with Gasteiger partial charge >= 0.3 is 0 Å². The normalized spacial score (nSPS) is 26.2. The summed E-state index contributed by atoms with van der Waals surface area (Å²) in [6, 6.07) is 5.73. The summed E-state index contributed by atoms with van der Waals surface area (Å²) in [6.45, 7) is 1.99. The fourth-order valence-electron chi connectivity index (χ4n) is 3.64. The summed E-state index contributed by atoms with van der Waals surface area (Å²) in [4.78, 5) is 23.0. The molecule has 0 aliphatic carbocycles. The first-order valence-corrected chi connectivity index (χ1v) is 8.23. The van der Waals surface area contributed by atoms with E-state index in [-0.39, 0.29) is 17.6 Å². The summed E-state index contributed by atoms with van der Waals surface area (Å²) < 4.78 is 7.96. The number of likely N-dealkylation sites (tertiary alicyclic amines) is 1. The van der Waals surface area contributed by atoms with E-state index in [2.05, 4.69) is 15.3 Å². The van der Waals surface area contributed by atoms with E-state index in [9.17, 15) is 4.79 Å². The van der Waals surface area contributed by atoms with Crippen molar-refractivity contribution in [2.24, 2.45) is 7.05 Å². The molecule has 2 aromatic rings. The van der Waals surface area contributed by atoms with Gasteiger partial charge < -0.3 is 19.5 Å². The van der Waals surface area contributed by atoms with Gasteiger partial charge in [0.1, 0.15) is 5.69 Å². The zero-order valence-electron chi connectivity index (χ0n) is 13.7. The number of ether oxygens (including phenoxy) is 1. The lowest BCUT2D eigenvalue weighted by Crippen LogP contribution is -2.37. The number of carbonyl (C=O) groups excluding carboxylic acids is 1. The fraction of sp³-hybridized carbons (Fsp3) is 0.471. The van der Waals surface area contributed by atoms with Crippen LogP contribution in [-0.2, 0) is 11.8 Å². The van der Waals surface area contributed by atoms with Crippen LogP contribution in [0.15, 0.2) is 36.8 Å². The van der Waals surface area contributed by atoms with Gasteiger partial charge in [-0.05, 0) is 24.6 Å². The highest BCUT2D eigenvalue weighted by atomic mass is 16.5. The molecule has 24 heavy (non-hydrogen) atoms. The minimum absolute atomic E-state index is 0.0748. The van der Waals surface area contributed by atoms with E-state index in [1.807, 2.05) is 34.8 Å². The molecule has 0 radical (unpaired) electrons. The Hall–Kier alpha value is -2.41. The third kappa shape index (κ3) is 2.75. The van der Waals surface area contributed by atoms with Gasteiger partial charge in [0, 0.05) is 38.6 Å². The van der Waals surface area contributed by atoms with E-state index >= 15 is 0 Å². The van der Waals surface area contributed by atoms with Crippen molar-refractivity contribution in [3.05, 3.63) is 42.5 Å². The summed E-state index contributed by atoms with van der Waals surface area (Å²) >= 11 is 0. The Morgan fingerprint density at radius 3 is 2.96 bits per heavy atom. The maximum Gasteiger partial charge on any atom is 0.270 e. The molecule has 1 N–H and O–H groups in total. The fourth-order valence-corrected chi connectivity index (χ4v) is 3.64. The van der Waals surface area contributed by atoms with Crippen molar-refractivity contribution in [3.8, 4) is 0 Å². The molecule has 7 heteroatoms. The highest BCUT2D eigenvalue weighted by Crippen LogP contribution is 2.36. The zero-order valence-corrected chi connectivity index (χ0v) is 13.7. The quantitative estimate of drug-likeness (QED) is 0.920. The molecule has 7 nitrogen and oxygen atoms in total. The second-order valence-corrected chi connectivity index (χ2v) is 6.59. The largest absolute Gasteiger partial charge is 0.371 e. The third-order valence-electron chi connectivity index (χ3n) is 4.87. The van der Waals surface area contributed by atoms with Gasteiger partial charge in [-0.25, -0.2) is 9.97 Å². The number of rotatable bonds is 3. The minimum Gasteiger partial charge on any atom is -0.371 e. The van der Waals surface area contributed by atoms with Crippen molar-refractivity contribution in [1.82, 2.24) is 19.4 Å². The molecule has 2 unspecified atom stereocenters. The summed E-state index contributed by atoms with van der Waals surface area (Å²) in [6.07, 6.45) is 7.07. The molecule has 0 saturated carbocycles. The molecule has 0 bridgehead atoms. The zero-order chi connectivity index (χ0) is 16.6. The van der Waals surface area contributed by atoms with E-state index in [0.29, 0.717) is 19.1 Å². The molecule has 4 heterocycles. The molecule has 2 aromatic heterocycles. The van der Waals surface area contributed by atoms with Crippen molar-refractivity contribution in [2.75, 3.05) is 25.0 Å². The third-order valence-corrected chi connectivity index (χ3v) is 4.87. The van der Waals surface area contributed by atoms with Gasteiger partial charge in [-0.1, -0.05) is 0 Å². The first kappa shape index (κ1) is 15.1. The monoisotopic (exact) mass is 327 g/mol. The predicted octanol–water partition coefficient (Wildman–Crippen LogP) is 1.30. The summed E-state index contributed by atoms with van der Waals surface area (Å²) in [5, 5.41) is 3.32. The number of anilines is 1. The van der Waals surface area contributed by atoms with Crippen LogP contribution in [0.3, 0.4) is 0 Å². The Balaban J connectivity index is 1.40. The average Bonchev–Trinajstić information content (AvgIpc) is 3.30. The molecule has 1 amide bonds. The first-order chi connectivity index (χ1) is 11.7. The molecule has 2 aliphatic heterocycles. The highest BCUT2D eigenvalue weighted by Gasteiger charge is 2.47. The van der Waals surface area contributed by atoms with Crippen LogP contribution in [-0.4, -0.2) is 56.7 Å². The maximum atomic E-state index is 12.7. The van der Waals surface area contributed by atoms with E-state index in [0.717, 1.165) is 25.1 Å². The summed E-state index contributed by atoms with van der Waals surface area (Å²) in [5.41, 5.74) is 0.477. The van der Waals surface area contributed by atoms with Gasteiger partial charge in [-0.15, -0.1) is 0 Å². The smallest absolute Gasteiger partial charge is 0.270 e. The molecule has 2 fully saturated rings. The Morgan fingerprint density at radius 1 is 1.38 bits per heavy atom. The average molecular weight is 327 g/mol. The molecular formula is C17H21N5O2. The van der Waals surface area contributed by atoms with Gasteiger partial charge in [-0.3, -0.25) is 4.79 Å². The predicted molar refractivity (Wildman–Crippen MR) is 88.7 cm³/mol. The van der Waals surface area contributed by atoms with E-state index in [1.54, 1.807) is 18.5 Å². The summed E-state index contributed by atoms with van der Waals surface area (Å²) in [5.74, 6) is 0.698. The van der Waals surface area contributed by atoms with Crippen molar-refractivity contribution < 1.29 is 9.53 Å². The molecule has 2 saturated heterocycles. The maximum absolute atomic E-state index is 12.7. The van der Waals surface area contributed by atoms with Crippen LogP contribution in [0.5, 0.6) is 0 Å². The molecule has 1 spiro atoms. The minimum atomic E-state index is -0.243. The lowest BCUT2D eigenvalue weighted by atomic mass is 9.97. The van der Waals surface area contributed by atoms with Crippen LogP contribution in [0, 0.1) is 0 Å². The Labute approximate surface area is 140 Å². The number of hydrogen-bond acceptors (Lipinski definition) is 5. The highest BCUT2D eigenvalue weighted by molar-refractivity contribution is 5.93. The number of nitrogens with one attached hydrogen (secondary N) is 1. The molecule has 2 atom stereocenters. The van der Waals surface area contributed by atoms with Gasteiger partial charge in [-0.2, -0.15) is 0 Å². The van der Waals surface area contributed by atoms with Crippen molar-refractivity contribution in [3.63, 3.8) is 0 Å². The van der Waals surface area contributed by atoms with Crippen molar-refractivity contribution in [2.45, 2.75) is 24.5 Å². The van der Waals surface area contributed by atoms with Crippen LogP contribution >= 0.6 is 0 Å². The number of hydrogen-bond donors (Lipinski definition) is 1. The topological polar surface area (TPSA) is 72.3 Å². The van der Waals surface area contributed by atoms with E-state index in [1.165, 1.54) is 0 Å². The Kier molecular flexibility index (Phi) is 3.72. The SMILES string of the molecule is Cn1cccc1C(=O)N1CCC2(CC(Nc3ncccn3)CO2)C1. The van der Waals surface area contributed by atoms with Gasteiger partial charge in [0.05, 0.1) is 24.8 Å². The van der Waals surface area contributed by atoms with Gasteiger partial charge in [0.15, 0.2) is 0 Å². The number of amides is 1. The van der Waals surface area contributed by atoms with E-state index < -0.39 is 0 Å². The van der Waals surface area contributed by atoms with Crippen LogP contribution in [0.2, 0.25) is 0 Å². The lowest BCUT2D eigenvalue weighted by Gasteiger charge is -2.23. The Morgan fingerprint density at radius 2 is 2.21 bits per heavy atom. The summed E-state index contributed by atoms with van der Waals surface area (Å²) in [7, 11) is 1.89. The van der Waals surface area contributed by atoms with Crippen LogP contribution in [0.25, 0.3) is 0 Å². The molecule has 126 valence electrons. The molecule has 0 aromatic carbocycles. The first-order valence-electron chi connectivity index (χ1n) is 8.23. The van der Waals surface area contributed by atoms with Crippen molar-refractivity contribution >= 4 is 11.9 Å². The lowest BCUT2D eigenvalue weighted by molar-refractivity contribution is 0.0124. The number of aryl methyl sites for hydroxylation is 1. The van der Waals surface area contributed by atoms with Gasteiger partial charge in [0.2, 0.25) is 5.95 Å². The number of nitrogens with zero attached hydrogens (tertiary/aromatic N) is 4. The molecule has 4 rings (SSSR count). The number of carbonyl (C=O) groups is 1. The van der Waals surface area contributed by atoms with Crippen LogP contribution < -0.4 is 5.32 Å². The Bertz CT molecular complexity index is 732. The number of aromatic nitrogens is 3. The van der Waals surface area contributed by atoms with Crippen molar-refractivity contribution in [1.29, 1.82) is 0 Å². The second-order valence-electron chi connectivity index (χ2n) is 6.59. The molecule has 2 aliphatic rings. The standard InChI is InChI=1S/C17H21N5O2/c1-21-8-2-4-14(21)15(23)22-9-5-17(12-22)10-13(11-24-17)20-16-18-6-3-7-19-16/h2-4,6-8,13H,5,9-12H2,1H3,(H,18,19,20). The second kappa shape index (κ2) is 5.90.